The lowest BCUT2D eigenvalue weighted by molar-refractivity contribution is -0.830. The Bertz CT molecular complexity index is 257. The molecule has 1 rings (SSSR count). The third-order valence-electron chi connectivity index (χ3n) is 1.13. The van der Waals surface area contributed by atoms with Gasteiger partial charge in [-0.25, -0.2) is 9.63 Å². The number of nitrogens with zero attached hydrogens (tertiary/aromatic N) is 1. The summed E-state index contributed by atoms with van der Waals surface area (Å²) in [7, 11) is 1.44. The molecule has 0 saturated heterocycles. The maximum absolute atomic E-state index is 10.4. The highest BCUT2D eigenvalue weighted by molar-refractivity contribution is 5.89. The van der Waals surface area contributed by atoms with Crippen LogP contribution in [0.15, 0.2) is 6.20 Å². The van der Waals surface area contributed by atoms with Gasteiger partial charge < -0.3 is 5.11 Å². The number of rotatable bonds is 3. The van der Waals surface area contributed by atoms with Crippen molar-refractivity contribution in [2.24, 2.45) is 0 Å². The lowest BCUT2D eigenvalue weighted by Gasteiger charge is -1.91. The first-order valence-corrected chi connectivity index (χ1v) is 2.88. The first kappa shape index (κ1) is 7.70. The molecule has 60 valence electrons. The SMILES string of the molecule is CO[NH2+]c1cn[nH]c1C(=O)O. The molecule has 0 aliphatic heterocycles. The second-order valence-corrected chi connectivity index (χ2v) is 1.86. The molecule has 0 saturated carbocycles. The maximum Gasteiger partial charge on any atom is 0.360 e. The molecule has 0 atom stereocenters. The first-order chi connectivity index (χ1) is 5.25. The van der Waals surface area contributed by atoms with Crippen LogP contribution in [-0.2, 0) is 4.84 Å². The lowest BCUT2D eigenvalue weighted by atomic mass is 10.4. The van der Waals surface area contributed by atoms with Crippen LogP contribution < -0.4 is 5.48 Å². The lowest BCUT2D eigenvalue weighted by Crippen LogP contribution is -2.76. The summed E-state index contributed by atoms with van der Waals surface area (Å²) in [6.45, 7) is 0. The summed E-state index contributed by atoms with van der Waals surface area (Å²) in [5.74, 6) is -1.05. The van der Waals surface area contributed by atoms with Crippen molar-refractivity contribution < 1.29 is 20.2 Å². The molecule has 6 heteroatoms. The summed E-state index contributed by atoms with van der Waals surface area (Å²) >= 11 is 0. The van der Waals surface area contributed by atoms with Crippen molar-refractivity contribution in [3.05, 3.63) is 11.9 Å². The first-order valence-electron chi connectivity index (χ1n) is 2.88. The van der Waals surface area contributed by atoms with Gasteiger partial charge in [0, 0.05) is 0 Å². The predicted molar refractivity (Wildman–Crippen MR) is 34.1 cm³/mol. The number of nitrogens with one attached hydrogen (secondary N) is 1. The second-order valence-electron chi connectivity index (χ2n) is 1.86. The standard InChI is InChI=1S/C5H7N3O3/c1-11-8-3-2-6-7-4(3)5(9)10/h2,8H,1H3,(H,6,7)(H,9,10)/p+1. The quantitative estimate of drug-likeness (QED) is 0.485. The van der Waals surface area contributed by atoms with E-state index in [2.05, 4.69) is 15.0 Å². The van der Waals surface area contributed by atoms with E-state index in [0.29, 0.717) is 5.69 Å². The third-order valence-corrected chi connectivity index (χ3v) is 1.13. The summed E-state index contributed by atoms with van der Waals surface area (Å²) in [4.78, 5) is 15.0. The Morgan fingerprint density at radius 2 is 2.64 bits per heavy atom. The van der Waals surface area contributed by atoms with Crippen LogP contribution in [0, 0.1) is 0 Å². The molecule has 1 aromatic heterocycles. The van der Waals surface area contributed by atoms with Gasteiger partial charge in [-0.05, 0) is 0 Å². The Kier molecular flexibility index (Phi) is 2.19. The van der Waals surface area contributed by atoms with Crippen LogP contribution in [0.25, 0.3) is 0 Å². The minimum Gasteiger partial charge on any atom is -0.476 e. The number of carbonyl (C=O) groups is 1. The molecule has 11 heavy (non-hydrogen) atoms. The number of hydrogen-bond acceptors (Lipinski definition) is 3. The molecule has 0 unspecified atom stereocenters. The highest BCUT2D eigenvalue weighted by Crippen LogP contribution is 2.02. The number of aromatic carboxylic acids is 1. The van der Waals surface area contributed by atoms with Gasteiger partial charge in [-0.2, -0.15) is 10.6 Å². The summed E-state index contributed by atoms with van der Waals surface area (Å²) in [5, 5.41) is 14.4. The molecule has 0 amide bonds. The number of carboxylic acids is 1. The summed E-state index contributed by atoms with van der Waals surface area (Å²) in [5.41, 5.74) is 1.78. The largest absolute Gasteiger partial charge is 0.476 e. The minimum absolute atomic E-state index is 0.0341. The number of hydrogen-bond donors (Lipinski definition) is 3. The summed E-state index contributed by atoms with van der Waals surface area (Å²) in [6, 6.07) is 0. The Hall–Kier alpha value is -1.40. The minimum atomic E-state index is -1.05. The van der Waals surface area contributed by atoms with E-state index >= 15 is 0 Å². The van der Waals surface area contributed by atoms with Gasteiger partial charge in [0.2, 0.25) is 11.4 Å². The van der Waals surface area contributed by atoms with Gasteiger partial charge in [0.25, 0.3) is 0 Å². The zero-order valence-corrected chi connectivity index (χ0v) is 5.87. The Morgan fingerprint density at radius 3 is 3.18 bits per heavy atom. The Labute approximate surface area is 62.1 Å². The van der Waals surface area contributed by atoms with Crippen LogP contribution >= 0.6 is 0 Å². The number of H-pyrrole nitrogens is 1. The molecular formula is C5H8N3O3+. The summed E-state index contributed by atoms with van der Waals surface area (Å²) in [6.07, 6.45) is 1.38. The van der Waals surface area contributed by atoms with Crippen LogP contribution in [0.1, 0.15) is 10.5 Å². The van der Waals surface area contributed by atoms with Gasteiger partial charge in [-0.1, -0.05) is 0 Å². The van der Waals surface area contributed by atoms with Crippen molar-refractivity contribution in [2.45, 2.75) is 0 Å². The van der Waals surface area contributed by atoms with Crippen molar-refractivity contribution in [1.29, 1.82) is 0 Å². The van der Waals surface area contributed by atoms with Gasteiger partial charge in [0.15, 0.2) is 0 Å². The molecule has 0 spiro atoms. The second kappa shape index (κ2) is 3.13. The number of nitrogens with two attached hydrogens (primary N) is 1. The van der Waals surface area contributed by atoms with E-state index in [9.17, 15) is 4.79 Å². The van der Waals surface area contributed by atoms with Crippen LogP contribution in [-0.4, -0.2) is 28.4 Å². The number of quaternary nitrogens is 1. The number of aromatic nitrogens is 2. The van der Waals surface area contributed by atoms with Crippen molar-refractivity contribution in [3.63, 3.8) is 0 Å². The van der Waals surface area contributed by atoms with Gasteiger partial charge in [0.1, 0.15) is 6.20 Å². The zero-order valence-electron chi connectivity index (χ0n) is 5.87. The van der Waals surface area contributed by atoms with Gasteiger partial charge in [-0.3, -0.25) is 5.10 Å². The van der Waals surface area contributed by atoms with E-state index in [4.69, 9.17) is 5.11 Å². The maximum atomic E-state index is 10.4. The van der Waals surface area contributed by atoms with E-state index < -0.39 is 5.97 Å². The van der Waals surface area contributed by atoms with Crippen molar-refractivity contribution in [3.8, 4) is 0 Å². The fourth-order valence-corrected chi connectivity index (χ4v) is 0.683. The number of aromatic amines is 1. The molecule has 0 aliphatic rings. The average Bonchev–Trinajstić information content (AvgIpc) is 2.36. The molecule has 1 aromatic rings. The highest BCUT2D eigenvalue weighted by Gasteiger charge is 2.15. The van der Waals surface area contributed by atoms with Crippen molar-refractivity contribution >= 4 is 11.7 Å². The molecule has 6 nitrogen and oxygen atoms in total. The van der Waals surface area contributed by atoms with Crippen molar-refractivity contribution in [1.82, 2.24) is 10.2 Å². The van der Waals surface area contributed by atoms with Gasteiger partial charge >= 0.3 is 5.97 Å². The molecule has 4 N–H and O–H groups in total. The molecular weight excluding hydrogens is 150 g/mol. The number of carboxylic acid groups (broad SMARTS) is 1. The monoisotopic (exact) mass is 158 g/mol. The average molecular weight is 158 g/mol. The smallest absolute Gasteiger partial charge is 0.360 e. The topological polar surface area (TPSA) is 91.8 Å². The van der Waals surface area contributed by atoms with E-state index in [-0.39, 0.29) is 5.69 Å². The zero-order chi connectivity index (χ0) is 8.27. The van der Waals surface area contributed by atoms with E-state index in [1.165, 1.54) is 18.8 Å². The normalized spacial score (nSPS) is 9.91. The fourth-order valence-electron chi connectivity index (χ4n) is 0.683. The molecule has 0 aromatic carbocycles. The Morgan fingerprint density at radius 1 is 1.91 bits per heavy atom. The molecule has 1 heterocycles. The van der Waals surface area contributed by atoms with Crippen LogP contribution in [0.3, 0.4) is 0 Å². The Balaban J connectivity index is 2.87. The summed E-state index contributed by atoms with van der Waals surface area (Å²) < 4.78 is 0. The van der Waals surface area contributed by atoms with Gasteiger partial charge in [0.05, 0.1) is 7.11 Å². The van der Waals surface area contributed by atoms with Crippen molar-refractivity contribution in [2.75, 3.05) is 7.11 Å². The highest BCUT2D eigenvalue weighted by atomic mass is 16.6. The third kappa shape index (κ3) is 1.54. The van der Waals surface area contributed by atoms with Crippen LogP contribution in [0.5, 0.6) is 0 Å². The van der Waals surface area contributed by atoms with Gasteiger partial charge in [-0.15, -0.1) is 0 Å². The molecule has 0 radical (unpaired) electrons. The fraction of sp³-hybridized carbons (Fsp3) is 0.200. The van der Waals surface area contributed by atoms with E-state index in [1.54, 1.807) is 0 Å². The van der Waals surface area contributed by atoms with E-state index in [1.807, 2.05) is 0 Å². The van der Waals surface area contributed by atoms with Crippen LogP contribution in [0.2, 0.25) is 0 Å². The molecule has 0 fully saturated rings. The van der Waals surface area contributed by atoms with Crippen LogP contribution in [0.4, 0.5) is 5.69 Å². The molecule has 0 bridgehead atoms. The predicted octanol–water partition coefficient (Wildman–Crippen LogP) is -1.14. The molecule has 0 aliphatic carbocycles. The van der Waals surface area contributed by atoms with E-state index in [0.717, 1.165) is 0 Å².